The van der Waals surface area contributed by atoms with Crippen molar-refractivity contribution >= 4 is 17.6 Å². The van der Waals surface area contributed by atoms with Crippen molar-refractivity contribution in [3.05, 3.63) is 28.6 Å². The molecule has 0 spiro atoms. The van der Waals surface area contributed by atoms with Crippen molar-refractivity contribution in [1.82, 2.24) is 4.98 Å². The maximum absolute atomic E-state index is 12.5. The van der Waals surface area contributed by atoms with Crippen LogP contribution in [0.15, 0.2) is 6.07 Å². The highest BCUT2D eigenvalue weighted by Crippen LogP contribution is 2.24. The van der Waals surface area contributed by atoms with Gasteiger partial charge < -0.3 is 5.11 Å². The molecule has 0 radical (unpaired) electrons. The molecule has 1 rings (SSSR count). The van der Waals surface area contributed by atoms with E-state index < -0.39 is 23.8 Å². The maximum Gasteiger partial charge on any atom is 0.354 e. The summed E-state index contributed by atoms with van der Waals surface area (Å²) in [6.07, 6.45) is -2.80. The average Bonchev–Trinajstić information content (AvgIpc) is 2.17. The molecule has 0 fully saturated rings. The lowest BCUT2D eigenvalue weighted by molar-refractivity contribution is 0.0688. The van der Waals surface area contributed by atoms with Crippen LogP contribution in [0.2, 0.25) is 0 Å². The van der Waals surface area contributed by atoms with Gasteiger partial charge in [-0.25, -0.2) is 18.6 Å². The molecular formula is C9H8ClF2NO2. The van der Waals surface area contributed by atoms with E-state index in [2.05, 4.69) is 4.98 Å². The Balaban J connectivity index is 3.38. The molecule has 3 nitrogen and oxygen atoms in total. The van der Waals surface area contributed by atoms with Gasteiger partial charge in [-0.3, -0.25) is 0 Å². The number of carboxylic acids is 1. The molecule has 6 heteroatoms. The Labute approximate surface area is 89.7 Å². The molecule has 82 valence electrons. The average molecular weight is 236 g/mol. The molecule has 0 bridgehead atoms. The molecule has 0 amide bonds. The largest absolute Gasteiger partial charge is 0.477 e. The van der Waals surface area contributed by atoms with Crippen LogP contribution in [0, 0.1) is 6.92 Å². The quantitative estimate of drug-likeness (QED) is 0.820. The van der Waals surface area contributed by atoms with E-state index in [9.17, 15) is 13.6 Å². The first-order valence-corrected chi connectivity index (χ1v) is 4.58. The summed E-state index contributed by atoms with van der Waals surface area (Å²) >= 11 is 5.52. The number of pyridine rings is 1. The van der Waals surface area contributed by atoms with Gasteiger partial charge in [0.15, 0.2) is 0 Å². The van der Waals surface area contributed by atoms with E-state index in [4.69, 9.17) is 16.7 Å². The highest BCUT2D eigenvalue weighted by atomic mass is 35.5. The van der Waals surface area contributed by atoms with Crippen molar-refractivity contribution in [1.29, 1.82) is 0 Å². The lowest BCUT2D eigenvalue weighted by atomic mass is 10.1. The fraction of sp³-hybridized carbons (Fsp3) is 0.333. The first-order valence-electron chi connectivity index (χ1n) is 4.05. The van der Waals surface area contributed by atoms with E-state index >= 15 is 0 Å². The van der Waals surface area contributed by atoms with Gasteiger partial charge in [0.1, 0.15) is 11.4 Å². The Morgan fingerprint density at radius 2 is 2.27 bits per heavy atom. The van der Waals surface area contributed by atoms with Crippen molar-refractivity contribution in [3.8, 4) is 0 Å². The molecular weight excluding hydrogens is 228 g/mol. The van der Waals surface area contributed by atoms with E-state index in [1.807, 2.05) is 0 Å². The van der Waals surface area contributed by atoms with Gasteiger partial charge in [0.2, 0.25) is 0 Å². The highest BCUT2D eigenvalue weighted by Gasteiger charge is 2.18. The minimum atomic E-state index is -2.80. The zero-order valence-electron chi connectivity index (χ0n) is 7.80. The first-order chi connectivity index (χ1) is 6.97. The number of hydrogen-bond donors (Lipinski definition) is 1. The molecule has 0 aliphatic rings. The first kappa shape index (κ1) is 11.8. The summed E-state index contributed by atoms with van der Waals surface area (Å²) in [6.45, 7) is 1.44. The fourth-order valence-electron chi connectivity index (χ4n) is 1.14. The van der Waals surface area contributed by atoms with Crippen LogP contribution >= 0.6 is 11.6 Å². The third-order valence-electron chi connectivity index (χ3n) is 1.99. The number of aromatic nitrogens is 1. The Morgan fingerprint density at radius 3 is 2.67 bits per heavy atom. The van der Waals surface area contributed by atoms with Crippen LogP contribution in [0.4, 0.5) is 8.78 Å². The van der Waals surface area contributed by atoms with Crippen LogP contribution in [0.25, 0.3) is 0 Å². The van der Waals surface area contributed by atoms with E-state index in [1.165, 1.54) is 13.0 Å². The monoisotopic (exact) mass is 235 g/mol. The molecule has 15 heavy (non-hydrogen) atoms. The van der Waals surface area contributed by atoms with Crippen molar-refractivity contribution in [2.24, 2.45) is 0 Å². The summed E-state index contributed by atoms with van der Waals surface area (Å²) < 4.78 is 25.0. The summed E-state index contributed by atoms with van der Waals surface area (Å²) in [4.78, 5) is 14.0. The number of rotatable bonds is 3. The molecule has 1 heterocycles. The van der Waals surface area contributed by atoms with Gasteiger partial charge >= 0.3 is 5.97 Å². The molecule has 0 atom stereocenters. The minimum absolute atomic E-state index is 0.0195. The summed E-state index contributed by atoms with van der Waals surface area (Å²) in [6, 6.07) is 1.20. The van der Waals surface area contributed by atoms with Crippen LogP contribution in [-0.4, -0.2) is 16.1 Å². The predicted octanol–water partition coefficient (Wildman–Crippen LogP) is 2.76. The zero-order valence-corrected chi connectivity index (χ0v) is 8.55. The van der Waals surface area contributed by atoms with Gasteiger partial charge in [-0.2, -0.15) is 0 Å². The lowest BCUT2D eigenvalue weighted by Gasteiger charge is -2.09. The molecule has 0 aliphatic heterocycles. The third-order valence-corrected chi connectivity index (χ3v) is 2.28. The summed E-state index contributed by atoms with van der Waals surface area (Å²) in [5.74, 6) is -1.36. The smallest absolute Gasteiger partial charge is 0.354 e. The van der Waals surface area contributed by atoms with E-state index in [0.29, 0.717) is 5.56 Å². The Morgan fingerprint density at radius 1 is 1.67 bits per heavy atom. The Hall–Kier alpha value is -1.23. The van der Waals surface area contributed by atoms with E-state index in [-0.39, 0.29) is 11.4 Å². The van der Waals surface area contributed by atoms with Crippen LogP contribution in [0.3, 0.4) is 0 Å². The third kappa shape index (κ3) is 2.41. The number of hydrogen-bond acceptors (Lipinski definition) is 2. The topological polar surface area (TPSA) is 50.2 Å². The molecule has 0 unspecified atom stereocenters. The summed E-state index contributed by atoms with van der Waals surface area (Å²) in [5, 5.41) is 8.65. The molecule has 0 saturated heterocycles. The molecule has 0 saturated carbocycles. The van der Waals surface area contributed by atoms with Crippen LogP contribution in [-0.2, 0) is 5.88 Å². The van der Waals surface area contributed by atoms with Crippen LogP contribution in [0.1, 0.15) is 33.7 Å². The van der Waals surface area contributed by atoms with Crippen LogP contribution < -0.4 is 0 Å². The second kappa shape index (κ2) is 4.53. The van der Waals surface area contributed by atoms with Gasteiger partial charge in [0, 0.05) is 5.88 Å². The number of alkyl halides is 3. The van der Waals surface area contributed by atoms with Crippen molar-refractivity contribution in [3.63, 3.8) is 0 Å². The maximum atomic E-state index is 12.5. The van der Waals surface area contributed by atoms with Crippen molar-refractivity contribution in [2.45, 2.75) is 19.2 Å². The summed E-state index contributed by atoms with van der Waals surface area (Å²) in [5.41, 5.74) is -0.332. The number of carboxylic acid groups (broad SMARTS) is 1. The van der Waals surface area contributed by atoms with Crippen LogP contribution in [0.5, 0.6) is 0 Å². The molecule has 1 aromatic rings. The minimum Gasteiger partial charge on any atom is -0.477 e. The van der Waals surface area contributed by atoms with Gasteiger partial charge in [0.05, 0.1) is 0 Å². The van der Waals surface area contributed by atoms with Gasteiger partial charge in [-0.05, 0) is 24.1 Å². The second-order valence-electron chi connectivity index (χ2n) is 2.92. The highest BCUT2D eigenvalue weighted by molar-refractivity contribution is 6.17. The van der Waals surface area contributed by atoms with Gasteiger partial charge in [-0.1, -0.05) is 0 Å². The van der Waals surface area contributed by atoms with Gasteiger partial charge in [0.25, 0.3) is 6.43 Å². The summed E-state index contributed by atoms with van der Waals surface area (Å²) in [7, 11) is 0. The fourth-order valence-corrected chi connectivity index (χ4v) is 1.42. The Kier molecular flexibility index (Phi) is 3.57. The molecule has 0 aromatic carbocycles. The van der Waals surface area contributed by atoms with Gasteiger partial charge in [-0.15, -0.1) is 11.6 Å². The predicted molar refractivity (Wildman–Crippen MR) is 50.4 cm³/mol. The molecule has 0 aliphatic carbocycles. The van der Waals surface area contributed by atoms with E-state index in [1.54, 1.807) is 0 Å². The SMILES string of the molecule is Cc1c(CCl)cc(C(=O)O)nc1C(F)F. The Bertz CT molecular complexity index is 396. The van der Waals surface area contributed by atoms with E-state index in [0.717, 1.165) is 0 Å². The van der Waals surface area contributed by atoms with Crippen molar-refractivity contribution < 1.29 is 18.7 Å². The molecule has 1 N–H and O–H groups in total. The number of nitrogens with zero attached hydrogens (tertiary/aromatic N) is 1. The number of carbonyl (C=O) groups is 1. The standard InChI is InChI=1S/C9H8ClF2NO2/c1-4-5(3-10)2-6(9(14)15)13-7(4)8(11)12/h2,8H,3H2,1H3,(H,14,15). The zero-order chi connectivity index (χ0) is 11.6. The lowest BCUT2D eigenvalue weighted by Crippen LogP contribution is -2.07. The second-order valence-corrected chi connectivity index (χ2v) is 3.18. The molecule has 1 aromatic heterocycles. The van der Waals surface area contributed by atoms with Crippen molar-refractivity contribution in [2.75, 3.05) is 0 Å². The number of halogens is 3. The number of aromatic carboxylic acids is 1. The normalized spacial score (nSPS) is 10.7.